The summed E-state index contributed by atoms with van der Waals surface area (Å²) in [6.45, 7) is 10.4. The first-order chi connectivity index (χ1) is 13.4. The van der Waals surface area contributed by atoms with E-state index < -0.39 is 25.6 Å². The fraction of sp³-hybridized carbons (Fsp3) is 0.500. The van der Waals surface area contributed by atoms with Crippen molar-refractivity contribution in [3.05, 3.63) is 35.4 Å². The van der Waals surface area contributed by atoms with Crippen LogP contribution >= 0.6 is 0 Å². The zero-order chi connectivity index (χ0) is 22.1. The van der Waals surface area contributed by atoms with Crippen LogP contribution in [0, 0.1) is 11.5 Å². The van der Waals surface area contributed by atoms with Gasteiger partial charge in [-0.25, -0.2) is 0 Å². The van der Waals surface area contributed by atoms with Crippen molar-refractivity contribution in [3.8, 4) is 11.5 Å². The van der Waals surface area contributed by atoms with Crippen LogP contribution in [0.5, 0.6) is 0 Å². The monoisotopic (exact) mass is 417 g/mol. The average molecular weight is 418 g/mol. The van der Waals surface area contributed by atoms with E-state index in [9.17, 15) is 14.4 Å². The second kappa shape index (κ2) is 10.8. The Balaban J connectivity index is 2.95. The van der Waals surface area contributed by atoms with Crippen LogP contribution < -0.4 is 5.32 Å². The molecular weight excluding hydrogens is 386 g/mol. The molecule has 6 nitrogen and oxygen atoms in total. The third-order valence-corrected chi connectivity index (χ3v) is 4.85. The summed E-state index contributed by atoms with van der Waals surface area (Å²) in [6.07, 6.45) is 1.04. The van der Waals surface area contributed by atoms with Gasteiger partial charge in [0, 0.05) is 26.3 Å². The molecule has 158 valence electrons. The highest BCUT2D eigenvalue weighted by Crippen LogP contribution is 2.18. The maximum absolute atomic E-state index is 11.8. The van der Waals surface area contributed by atoms with Crippen LogP contribution in [0.2, 0.25) is 19.6 Å². The van der Waals surface area contributed by atoms with Crippen molar-refractivity contribution in [2.45, 2.75) is 58.8 Å². The standard InChI is InChI=1S/C22H31NO5Si/c1-17(24)23-22(15-27-18(2)25,16-28-19(3)26)13-11-20-7-9-21(10-8-20)12-14-29(4,5)6/h7-10H,11,13,15-16H2,1-6H3,(H,23,24). The van der Waals surface area contributed by atoms with Gasteiger partial charge in [-0.2, -0.15) is 0 Å². The van der Waals surface area contributed by atoms with Gasteiger partial charge in [0.15, 0.2) is 0 Å². The van der Waals surface area contributed by atoms with Gasteiger partial charge in [-0.05, 0) is 30.5 Å². The van der Waals surface area contributed by atoms with Crippen LogP contribution in [0.15, 0.2) is 24.3 Å². The molecule has 0 aliphatic carbocycles. The molecule has 0 heterocycles. The molecule has 0 radical (unpaired) electrons. The summed E-state index contributed by atoms with van der Waals surface area (Å²) in [5, 5.41) is 2.81. The van der Waals surface area contributed by atoms with Crippen LogP contribution in [0.25, 0.3) is 0 Å². The number of carbonyl (C=O) groups is 3. The minimum Gasteiger partial charge on any atom is -0.463 e. The highest BCUT2D eigenvalue weighted by atomic mass is 28.3. The fourth-order valence-corrected chi connectivity index (χ4v) is 3.09. The molecule has 0 unspecified atom stereocenters. The molecule has 1 rings (SSSR count). The second-order valence-corrected chi connectivity index (χ2v) is 13.0. The molecule has 0 bridgehead atoms. The van der Waals surface area contributed by atoms with Crippen LogP contribution in [0.1, 0.15) is 38.3 Å². The summed E-state index contributed by atoms with van der Waals surface area (Å²) in [4.78, 5) is 34.4. The van der Waals surface area contributed by atoms with Gasteiger partial charge in [-0.1, -0.05) is 37.7 Å². The smallest absolute Gasteiger partial charge is 0.302 e. The number of aryl methyl sites for hydroxylation is 1. The van der Waals surface area contributed by atoms with E-state index in [1.165, 1.54) is 20.8 Å². The Morgan fingerprint density at radius 2 is 1.48 bits per heavy atom. The predicted molar refractivity (Wildman–Crippen MR) is 115 cm³/mol. The van der Waals surface area contributed by atoms with Gasteiger partial charge >= 0.3 is 11.9 Å². The summed E-state index contributed by atoms with van der Waals surface area (Å²) in [5.74, 6) is 2.00. The molecule has 0 saturated carbocycles. The normalized spacial score (nSPS) is 11.1. The van der Waals surface area contributed by atoms with E-state index in [0.29, 0.717) is 12.8 Å². The molecule has 29 heavy (non-hydrogen) atoms. The molecule has 1 N–H and O–H groups in total. The third kappa shape index (κ3) is 10.5. The minimum absolute atomic E-state index is 0.0744. The molecule has 7 heteroatoms. The van der Waals surface area contributed by atoms with Gasteiger partial charge in [0.2, 0.25) is 5.91 Å². The van der Waals surface area contributed by atoms with Gasteiger partial charge in [0.25, 0.3) is 0 Å². The lowest BCUT2D eigenvalue weighted by Gasteiger charge is -2.33. The zero-order valence-electron chi connectivity index (χ0n) is 18.2. The van der Waals surface area contributed by atoms with E-state index in [1.54, 1.807) is 0 Å². The molecule has 0 aliphatic heterocycles. The summed E-state index contributed by atoms with van der Waals surface area (Å²) in [7, 11) is -1.43. The first-order valence-corrected chi connectivity index (χ1v) is 13.1. The van der Waals surface area contributed by atoms with E-state index in [2.05, 4.69) is 36.4 Å². The SMILES string of the molecule is CC(=O)NC(CCc1ccc(C#C[Si](C)(C)C)cc1)(COC(C)=O)COC(C)=O. The molecule has 1 aromatic carbocycles. The lowest BCUT2D eigenvalue weighted by Crippen LogP contribution is -2.55. The molecule has 0 aromatic heterocycles. The maximum atomic E-state index is 11.8. The Morgan fingerprint density at radius 1 is 0.966 bits per heavy atom. The highest BCUT2D eigenvalue weighted by Gasteiger charge is 2.34. The van der Waals surface area contributed by atoms with Crippen LogP contribution in [0.4, 0.5) is 0 Å². The fourth-order valence-electron chi connectivity index (χ4n) is 2.57. The average Bonchev–Trinajstić information content (AvgIpc) is 2.61. The van der Waals surface area contributed by atoms with Crippen molar-refractivity contribution in [2.75, 3.05) is 13.2 Å². The number of hydrogen-bond donors (Lipinski definition) is 1. The van der Waals surface area contributed by atoms with Crippen molar-refractivity contribution >= 4 is 25.9 Å². The third-order valence-electron chi connectivity index (χ3n) is 3.97. The van der Waals surface area contributed by atoms with E-state index in [1.807, 2.05) is 24.3 Å². The first-order valence-electron chi connectivity index (χ1n) is 9.58. The topological polar surface area (TPSA) is 81.7 Å². The summed E-state index contributed by atoms with van der Waals surface area (Å²) >= 11 is 0. The van der Waals surface area contributed by atoms with Crippen molar-refractivity contribution in [1.29, 1.82) is 0 Å². The quantitative estimate of drug-likeness (QED) is 0.400. The van der Waals surface area contributed by atoms with Crippen LogP contribution in [0.3, 0.4) is 0 Å². The number of hydrogen-bond acceptors (Lipinski definition) is 5. The molecule has 1 aromatic rings. The van der Waals surface area contributed by atoms with Gasteiger partial charge < -0.3 is 14.8 Å². The number of esters is 2. The van der Waals surface area contributed by atoms with E-state index in [4.69, 9.17) is 9.47 Å². The maximum Gasteiger partial charge on any atom is 0.302 e. The molecule has 0 atom stereocenters. The van der Waals surface area contributed by atoms with Crippen molar-refractivity contribution < 1.29 is 23.9 Å². The van der Waals surface area contributed by atoms with Crippen molar-refractivity contribution in [3.63, 3.8) is 0 Å². The molecule has 0 saturated heterocycles. The Kier molecular flexibility index (Phi) is 9.12. The first kappa shape index (κ1) is 24.4. The Morgan fingerprint density at radius 3 is 1.90 bits per heavy atom. The minimum atomic E-state index is -1.43. The summed E-state index contributed by atoms with van der Waals surface area (Å²) < 4.78 is 10.3. The Labute approximate surface area is 174 Å². The Hall–Kier alpha value is -2.59. The largest absolute Gasteiger partial charge is 0.463 e. The van der Waals surface area contributed by atoms with Gasteiger partial charge in [0.1, 0.15) is 26.8 Å². The number of carbonyl (C=O) groups excluding carboxylic acids is 3. The van der Waals surface area contributed by atoms with Crippen molar-refractivity contribution in [1.82, 2.24) is 5.32 Å². The molecule has 1 amide bonds. The lowest BCUT2D eigenvalue weighted by atomic mass is 9.92. The summed E-state index contributed by atoms with van der Waals surface area (Å²) in [6, 6.07) is 7.93. The van der Waals surface area contributed by atoms with Gasteiger partial charge in [-0.15, -0.1) is 5.54 Å². The molecule has 0 spiro atoms. The molecule has 0 aliphatic rings. The van der Waals surface area contributed by atoms with Gasteiger partial charge in [0.05, 0.1) is 0 Å². The predicted octanol–water partition coefficient (Wildman–Crippen LogP) is 2.85. The Bertz CT molecular complexity index is 766. The number of rotatable bonds is 8. The van der Waals surface area contributed by atoms with E-state index in [0.717, 1.165) is 11.1 Å². The van der Waals surface area contributed by atoms with E-state index >= 15 is 0 Å². The summed E-state index contributed by atoms with van der Waals surface area (Å²) in [5.41, 5.74) is 4.36. The number of nitrogens with one attached hydrogen (secondary N) is 1. The molecular formula is C22H31NO5Si. The second-order valence-electron chi connectivity index (χ2n) is 8.22. The van der Waals surface area contributed by atoms with Gasteiger partial charge in [-0.3, -0.25) is 14.4 Å². The number of ether oxygens (including phenoxy) is 2. The van der Waals surface area contributed by atoms with Crippen molar-refractivity contribution in [2.24, 2.45) is 0 Å². The van der Waals surface area contributed by atoms with Crippen LogP contribution in [-0.2, 0) is 30.3 Å². The number of amides is 1. The van der Waals surface area contributed by atoms with Crippen LogP contribution in [-0.4, -0.2) is 44.7 Å². The number of benzene rings is 1. The highest BCUT2D eigenvalue weighted by molar-refractivity contribution is 6.83. The van der Waals surface area contributed by atoms with E-state index in [-0.39, 0.29) is 19.1 Å². The molecule has 0 fully saturated rings. The zero-order valence-corrected chi connectivity index (χ0v) is 19.2. The lowest BCUT2D eigenvalue weighted by molar-refractivity contribution is -0.150.